The minimum atomic E-state index is -0.878. The Morgan fingerprint density at radius 2 is 1.69 bits per heavy atom. The first kappa shape index (κ1) is 30.9. The molecule has 15 heteroatoms. The molecule has 4 aromatic rings. The number of tetrazole rings is 1. The van der Waals surface area contributed by atoms with Gasteiger partial charge in [-0.05, 0) is 52.4 Å². The molecule has 2 N–H and O–H groups in total. The maximum absolute atomic E-state index is 14.0. The monoisotopic (exact) mass is 678 g/mol. The number of benzene rings is 3. The van der Waals surface area contributed by atoms with Crippen LogP contribution in [0.15, 0.2) is 106 Å². The van der Waals surface area contributed by atoms with Crippen LogP contribution in [0.25, 0.3) is 0 Å². The van der Waals surface area contributed by atoms with Gasteiger partial charge >= 0.3 is 5.97 Å². The Bertz CT molecular complexity index is 1700. The average molecular weight is 679 g/mol. The first-order valence-corrected chi connectivity index (χ1v) is 16.7. The lowest BCUT2D eigenvalue weighted by Crippen LogP contribution is -2.71. The van der Waals surface area contributed by atoms with Crippen LogP contribution in [0.1, 0.15) is 17.2 Å². The van der Waals surface area contributed by atoms with Gasteiger partial charge in [-0.1, -0.05) is 72.3 Å². The van der Waals surface area contributed by atoms with E-state index in [0.29, 0.717) is 27.9 Å². The van der Waals surface area contributed by atoms with E-state index in [1.165, 1.54) is 28.4 Å². The number of carbonyl (C=O) groups is 4. The molecule has 0 radical (unpaired) electrons. The van der Waals surface area contributed by atoms with Crippen LogP contribution in [0, 0.1) is 0 Å². The van der Waals surface area contributed by atoms with Crippen molar-refractivity contribution in [1.29, 1.82) is 0 Å². The highest BCUT2D eigenvalue weighted by Gasteiger charge is 2.55. The zero-order valence-corrected chi connectivity index (χ0v) is 26.4. The smallest absolute Gasteiger partial charge is 0.356 e. The summed E-state index contributed by atoms with van der Waals surface area (Å²) in [5.41, 5.74) is 1.34. The summed E-state index contributed by atoms with van der Waals surface area (Å²) in [6, 6.07) is 24.6. The van der Waals surface area contributed by atoms with Gasteiger partial charge in [0.2, 0.25) is 16.2 Å². The summed E-state index contributed by atoms with van der Waals surface area (Å²) in [5, 5.41) is 15.7. The van der Waals surface area contributed by atoms with Crippen LogP contribution in [0.5, 0.6) is 0 Å². The molecule has 0 saturated carbocycles. The lowest BCUT2D eigenvalue weighted by Gasteiger charge is -2.49. The second-order valence-corrected chi connectivity index (χ2v) is 13.2. The van der Waals surface area contributed by atoms with Crippen molar-refractivity contribution < 1.29 is 23.9 Å². The molecule has 1 aromatic heterocycles. The van der Waals surface area contributed by atoms with Crippen molar-refractivity contribution in [1.82, 2.24) is 30.8 Å². The van der Waals surface area contributed by atoms with Gasteiger partial charge < -0.3 is 10.1 Å². The Morgan fingerprint density at radius 3 is 2.31 bits per heavy atom. The van der Waals surface area contributed by atoms with E-state index in [2.05, 4.69) is 25.9 Å². The zero-order chi connectivity index (χ0) is 31.3. The number of rotatable bonds is 10. The number of nitrogens with one attached hydrogen (secondary N) is 2. The number of aromatic nitrogens is 4. The Morgan fingerprint density at radius 1 is 1.02 bits per heavy atom. The summed E-state index contributed by atoms with van der Waals surface area (Å²) in [6.07, 6.45) is -0.807. The first-order valence-electron chi connectivity index (χ1n) is 13.5. The number of esters is 1. The Labute approximate surface area is 274 Å². The molecular formula is C30H23ClN6O5S3. The van der Waals surface area contributed by atoms with Crippen LogP contribution < -0.4 is 5.32 Å². The first-order chi connectivity index (χ1) is 21.9. The molecule has 45 heavy (non-hydrogen) atoms. The number of β-lactam (4-membered cyclic amide) rings is 1. The zero-order valence-electron chi connectivity index (χ0n) is 23.2. The van der Waals surface area contributed by atoms with Crippen LogP contribution in [0.3, 0.4) is 0 Å². The molecule has 0 aliphatic carbocycles. The van der Waals surface area contributed by atoms with Crippen LogP contribution in [0.2, 0.25) is 5.02 Å². The fraction of sp³-hybridized carbons (Fsp3) is 0.167. The molecule has 2 aliphatic heterocycles. The van der Waals surface area contributed by atoms with Crippen molar-refractivity contribution in [2.45, 2.75) is 27.6 Å². The molecule has 3 aromatic carbocycles. The van der Waals surface area contributed by atoms with Gasteiger partial charge in [-0.3, -0.25) is 19.3 Å². The summed E-state index contributed by atoms with van der Waals surface area (Å²) in [6.45, 7) is 0. The maximum atomic E-state index is 14.0. The molecule has 2 aliphatic rings. The fourth-order valence-corrected chi connectivity index (χ4v) is 7.64. The maximum Gasteiger partial charge on any atom is 0.356 e. The number of amides is 2. The van der Waals surface area contributed by atoms with Crippen LogP contribution >= 0.6 is 46.9 Å². The minimum absolute atomic E-state index is 0.0667. The van der Waals surface area contributed by atoms with Crippen molar-refractivity contribution in [2.24, 2.45) is 0 Å². The highest BCUT2D eigenvalue weighted by atomic mass is 35.5. The summed E-state index contributed by atoms with van der Waals surface area (Å²) in [4.78, 5) is 55.9. The molecular weight excluding hydrogens is 656 g/mol. The molecule has 11 nitrogen and oxygen atoms in total. The lowest BCUT2D eigenvalue weighted by molar-refractivity contribution is -0.154. The number of halogens is 1. The molecule has 1 fully saturated rings. The van der Waals surface area contributed by atoms with E-state index in [0.717, 1.165) is 4.90 Å². The highest BCUT2D eigenvalue weighted by molar-refractivity contribution is 8.14. The fourth-order valence-electron chi connectivity index (χ4n) is 4.75. The Hall–Kier alpha value is -4.11. The van der Waals surface area contributed by atoms with Gasteiger partial charge in [0.25, 0.3) is 5.91 Å². The molecule has 228 valence electrons. The summed E-state index contributed by atoms with van der Waals surface area (Å²) in [5.74, 6) is -1.53. The van der Waals surface area contributed by atoms with E-state index < -0.39 is 34.5 Å². The van der Waals surface area contributed by atoms with Gasteiger partial charge in [0, 0.05) is 21.2 Å². The summed E-state index contributed by atoms with van der Waals surface area (Å²) >= 11 is 9.19. The third-order valence-electron chi connectivity index (χ3n) is 6.85. The molecule has 1 unspecified atom stereocenters. The summed E-state index contributed by atoms with van der Waals surface area (Å²) in [7, 11) is 0. The predicted octanol–water partition coefficient (Wildman–Crippen LogP) is 4.25. The van der Waals surface area contributed by atoms with Gasteiger partial charge in [0.1, 0.15) is 17.1 Å². The minimum Gasteiger partial charge on any atom is -0.448 e. The van der Waals surface area contributed by atoms with E-state index >= 15 is 0 Å². The van der Waals surface area contributed by atoms with E-state index in [1.807, 2.05) is 60.7 Å². The second-order valence-electron chi connectivity index (χ2n) is 9.72. The normalized spacial score (nSPS) is 17.5. The number of hydrogen-bond acceptors (Lipinski definition) is 11. The molecule has 6 rings (SSSR count). The van der Waals surface area contributed by atoms with Crippen molar-refractivity contribution in [2.75, 3.05) is 11.5 Å². The van der Waals surface area contributed by atoms with Gasteiger partial charge in [0.05, 0.1) is 5.75 Å². The number of ether oxygens (including phenoxy) is 1. The molecule has 2 amide bonds. The van der Waals surface area contributed by atoms with Crippen molar-refractivity contribution in [3.63, 3.8) is 0 Å². The Balaban J connectivity index is 1.25. The van der Waals surface area contributed by atoms with Gasteiger partial charge in [-0.2, -0.15) is 5.21 Å². The van der Waals surface area contributed by atoms with E-state index in [1.54, 1.807) is 24.3 Å². The van der Waals surface area contributed by atoms with Crippen molar-refractivity contribution in [3.05, 3.63) is 112 Å². The Kier molecular flexibility index (Phi) is 9.54. The number of aromatic amines is 1. The molecule has 2 atom stereocenters. The van der Waals surface area contributed by atoms with Crippen molar-refractivity contribution >= 4 is 69.8 Å². The van der Waals surface area contributed by atoms with E-state index in [9.17, 15) is 19.2 Å². The number of hydrogen-bond donors (Lipinski definition) is 2. The number of fused-ring (bicyclic) bond motifs is 1. The van der Waals surface area contributed by atoms with Crippen molar-refractivity contribution in [3.8, 4) is 0 Å². The lowest BCUT2D eigenvalue weighted by atomic mass is 10.0. The van der Waals surface area contributed by atoms with Crippen LogP contribution in [-0.4, -0.2) is 71.3 Å². The molecule has 3 heterocycles. The summed E-state index contributed by atoms with van der Waals surface area (Å²) < 4.78 is 6.08. The molecule has 0 spiro atoms. The van der Waals surface area contributed by atoms with Gasteiger partial charge in [-0.15, -0.1) is 33.7 Å². The second kappa shape index (κ2) is 13.9. The van der Waals surface area contributed by atoms with Gasteiger partial charge in [0.15, 0.2) is 6.10 Å². The quantitative estimate of drug-likeness (QED) is 0.141. The van der Waals surface area contributed by atoms with Crippen LogP contribution in [-0.2, 0) is 23.9 Å². The molecule has 0 bridgehead atoms. The SMILES string of the molecule is O=C(CSc1ccc(Cl)cc1)NC1C(=O)N2C(C(=O)OC(c3ccccc3)c3ccccc3)=C(C(=O)Sc3nn[nH]n3)CS[C@@H]12. The van der Waals surface area contributed by atoms with Gasteiger partial charge in [-0.25, -0.2) is 4.79 Å². The number of nitrogens with zero attached hydrogens (tertiary/aromatic N) is 4. The number of H-pyrrole nitrogens is 1. The number of thioether (sulfide) groups is 3. The van der Waals surface area contributed by atoms with Crippen LogP contribution in [0.4, 0.5) is 0 Å². The largest absolute Gasteiger partial charge is 0.448 e. The third-order valence-corrected chi connectivity index (χ3v) is 10.2. The molecule has 1 saturated heterocycles. The van der Waals surface area contributed by atoms with E-state index in [-0.39, 0.29) is 33.8 Å². The van der Waals surface area contributed by atoms with E-state index in [4.69, 9.17) is 16.3 Å². The average Bonchev–Trinajstić information content (AvgIpc) is 3.58. The number of carbonyl (C=O) groups excluding carboxylic acids is 4. The standard InChI is InChI=1S/C30H23ClN6O5S3/c31-19-11-13-20(14-12-19)43-16-22(38)32-23-26(39)37-24(21(15-44-27(23)37)29(41)45-30-33-35-36-34-30)28(40)42-25(17-7-3-1-4-8-17)18-9-5-2-6-10-18/h1-14,23,25,27H,15-16H2,(H,32,38)(H,33,34,35,36)/t23?,27-/m0/s1. The highest BCUT2D eigenvalue weighted by Crippen LogP contribution is 2.43. The predicted molar refractivity (Wildman–Crippen MR) is 170 cm³/mol. The third kappa shape index (κ3) is 6.93. The topological polar surface area (TPSA) is 147 Å².